The lowest BCUT2D eigenvalue weighted by Gasteiger charge is -2.27. The molecule has 2 aromatic rings. The zero-order chi connectivity index (χ0) is 13.2. The van der Waals surface area contributed by atoms with Crippen molar-refractivity contribution in [1.82, 2.24) is 20.4 Å². The fourth-order valence-corrected chi connectivity index (χ4v) is 2.30. The van der Waals surface area contributed by atoms with E-state index in [-0.39, 0.29) is 18.3 Å². The van der Waals surface area contributed by atoms with Crippen molar-refractivity contribution in [3.63, 3.8) is 0 Å². The van der Waals surface area contributed by atoms with Crippen LogP contribution < -0.4 is 5.32 Å². The van der Waals surface area contributed by atoms with Crippen molar-refractivity contribution >= 4 is 29.4 Å². The number of aryl methyl sites for hydroxylation is 1. The normalized spacial score (nSPS) is 15.2. The van der Waals surface area contributed by atoms with E-state index in [2.05, 4.69) is 15.5 Å². The molecule has 0 aliphatic carbocycles. The second-order valence-electron chi connectivity index (χ2n) is 4.60. The van der Waals surface area contributed by atoms with Crippen molar-refractivity contribution in [3.05, 3.63) is 23.5 Å². The molecule has 7 heteroatoms. The minimum Gasteiger partial charge on any atom is -0.336 e. The van der Waals surface area contributed by atoms with E-state index in [1.165, 1.54) is 0 Å². The van der Waals surface area contributed by atoms with Crippen molar-refractivity contribution in [3.8, 4) is 0 Å². The van der Waals surface area contributed by atoms with E-state index < -0.39 is 0 Å². The molecule has 108 valence electrons. The summed E-state index contributed by atoms with van der Waals surface area (Å²) >= 11 is 0. The van der Waals surface area contributed by atoms with Crippen LogP contribution in [-0.2, 0) is 6.42 Å². The first-order valence-corrected chi connectivity index (χ1v) is 6.54. The highest BCUT2D eigenvalue weighted by atomic mass is 35.5. The van der Waals surface area contributed by atoms with Crippen LogP contribution in [0.3, 0.4) is 0 Å². The SMILES string of the molecule is CCc1noc2ncc(C(=O)N3CCNCC3)cc12.Cl. The summed E-state index contributed by atoms with van der Waals surface area (Å²) in [5.74, 6) is 0.0270. The Bertz CT molecular complexity index is 607. The Kier molecular flexibility index (Phi) is 4.57. The van der Waals surface area contributed by atoms with Gasteiger partial charge < -0.3 is 14.7 Å². The highest BCUT2D eigenvalue weighted by Crippen LogP contribution is 2.19. The average Bonchev–Trinajstić information content (AvgIpc) is 2.89. The largest absolute Gasteiger partial charge is 0.336 e. The van der Waals surface area contributed by atoms with Crippen LogP contribution in [0.15, 0.2) is 16.8 Å². The minimum atomic E-state index is 0. The Balaban J connectivity index is 0.00000147. The molecule has 3 heterocycles. The molecule has 1 N–H and O–H groups in total. The average molecular weight is 297 g/mol. The molecule has 2 aromatic heterocycles. The number of nitrogens with zero attached hydrogens (tertiary/aromatic N) is 3. The Morgan fingerprint density at radius 2 is 2.20 bits per heavy atom. The number of hydrogen-bond acceptors (Lipinski definition) is 5. The summed E-state index contributed by atoms with van der Waals surface area (Å²) < 4.78 is 5.12. The third kappa shape index (κ3) is 2.62. The molecule has 1 amide bonds. The van der Waals surface area contributed by atoms with Gasteiger partial charge in [-0.25, -0.2) is 4.98 Å². The van der Waals surface area contributed by atoms with Gasteiger partial charge >= 0.3 is 0 Å². The molecule has 0 bridgehead atoms. The number of carbonyl (C=O) groups is 1. The molecule has 0 saturated carbocycles. The molecule has 3 rings (SSSR count). The van der Waals surface area contributed by atoms with Gasteiger partial charge in [0.15, 0.2) is 0 Å². The number of pyridine rings is 1. The number of piperazine rings is 1. The Hall–Kier alpha value is -1.66. The summed E-state index contributed by atoms with van der Waals surface area (Å²) in [6.45, 7) is 5.16. The summed E-state index contributed by atoms with van der Waals surface area (Å²) in [5, 5.41) is 8.02. The van der Waals surface area contributed by atoms with Crippen LogP contribution in [0.1, 0.15) is 23.0 Å². The number of aromatic nitrogens is 2. The Labute approximate surface area is 122 Å². The van der Waals surface area contributed by atoms with Crippen molar-refractivity contribution in [1.29, 1.82) is 0 Å². The number of carbonyl (C=O) groups excluding carboxylic acids is 1. The Morgan fingerprint density at radius 1 is 1.45 bits per heavy atom. The zero-order valence-electron chi connectivity index (χ0n) is 11.3. The van der Waals surface area contributed by atoms with E-state index in [9.17, 15) is 4.79 Å². The topological polar surface area (TPSA) is 71.3 Å². The first-order chi connectivity index (χ1) is 9.29. The molecule has 1 saturated heterocycles. The fourth-order valence-electron chi connectivity index (χ4n) is 2.30. The monoisotopic (exact) mass is 296 g/mol. The van der Waals surface area contributed by atoms with E-state index in [0.29, 0.717) is 11.3 Å². The summed E-state index contributed by atoms with van der Waals surface area (Å²) in [7, 11) is 0. The molecule has 0 atom stereocenters. The lowest BCUT2D eigenvalue weighted by Crippen LogP contribution is -2.46. The summed E-state index contributed by atoms with van der Waals surface area (Å²) in [4.78, 5) is 18.4. The number of amides is 1. The van der Waals surface area contributed by atoms with Crippen LogP contribution in [0, 0.1) is 0 Å². The van der Waals surface area contributed by atoms with E-state index in [4.69, 9.17) is 4.52 Å². The smallest absolute Gasteiger partial charge is 0.257 e. The van der Waals surface area contributed by atoms with Crippen molar-refractivity contribution in [2.75, 3.05) is 26.2 Å². The van der Waals surface area contributed by atoms with Crippen LogP contribution in [0.25, 0.3) is 11.1 Å². The van der Waals surface area contributed by atoms with Gasteiger partial charge in [-0.1, -0.05) is 12.1 Å². The number of rotatable bonds is 2. The van der Waals surface area contributed by atoms with Crippen LogP contribution in [0.4, 0.5) is 0 Å². The van der Waals surface area contributed by atoms with E-state index in [0.717, 1.165) is 43.7 Å². The van der Waals surface area contributed by atoms with Gasteiger partial charge in [0.25, 0.3) is 11.6 Å². The van der Waals surface area contributed by atoms with Gasteiger partial charge in [0.2, 0.25) is 0 Å². The van der Waals surface area contributed by atoms with Gasteiger partial charge in [0, 0.05) is 32.4 Å². The van der Waals surface area contributed by atoms with E-state index >= 15 is 0 Å². The van der Waals surface area contributed by atoms with Crippen LogP contribution in [0.5, 0.6) is 0 Å². The first kappa shape index (κ1) is 14.7. The number of nitrogens with one attached hydrogen (secondary N) is 1. The Morgan fingerprint density at radius 3 is 2.90 bits per heavy atom. The number of hydrogen-bond donors (Lipinski definition) is 1. The molecule has 6 nitrogen and oxygen atoms in total. The van der Waals surface area contributed by atoms with Gasteiger partial charge in [-0.3, -0.25) is 4.79 Å². The molecule has 1 aliphatic rings. The van der Waals surface area contributed by atoms with Gasteiger partial charge in [-0.05, 0) is 12.5 Å². The molecule has 0 unspecified atom stereocenters. The third-order valence-corrected chi connectivity index (χ3v) is 3.39. The maximum Gasteiger partial charge on any atom is 0.257 e. The van der Waals surface area contributed by atoms with Gasteiger partial charge in [0.1, 0.15) is 0 Å². The third-order valence-electron chi connectivity index (χ3n) is 3.39. The molecular formula is C13H17ClN4O2. The maximum absolute atomic E-state index is 12.4. The predicted octanol–water partition coefficient (Wildman–Crippen LogP) is 1.25. The number of halogens is 1. The molecule has 0 spiro atoms. The summed E-state index contributed by atoms with van der Waals surface area (Å²) in [5.41, 5.74) is 1.94. The summed E-state index contributed by atoms with van der Waals surface area (Å²) in [6, 6.07) is 1.84. The van der Waals surface area contributed by atoms with Gasteiger partial charge in [-0.15, -0.1) is 12.4 Å². The highest BCUT2D eigenvalue weighted by Gasteiger charge is 2.19. The lowest BCUT2D eigenvalue weighted by atomic mass is 10.1. The van der Waals surface area contributed by atoms with Gasteiger partial charge in [-0.2, -0.15) is 0 Å². The van der Waals surface area contributed by atoms with Crippen molar-refractivity contribution < 1.29 is 9.32 Å². The first-order valence-electron chi connectivity index (χ1n) is 6.54. The van der Waals surface area contributed by atoms with E-state index in [1.54, 1.807) is 6.20 Å². The molecule has 1 aliphatic heterocycles. The second-order valence-corrected chi connectivity index (χ2v) is 4.60. The van der Waals surface area contributed by atoms with Crippen LogP contribution >= 0.6 is 12.4 Å². The molecule has 0 radical (unpaired) electrons. The molecular weight excluding hydrogens is 280 g/mol. The van der Waals surface area contributed by atoms with E-state index in [1.807, 2.05) is 17.9 Å². The predicted molar refractivity (Wildman–Crippen MR) is 77.2 cm³/mol. The van der Waals surface area contributed by atoms with Crippen LogP contribution in [0.2, 0.25) is 0 Å². The van der Waals surface area contributed by atoms with Crippen LogP contribution in [-0.4, -0.2) is 47.1 Å². The zero-order valence-corrected chi connectivity index (χ0v) is 12.1. The molecule has 1 fully saturated rings. The highest BCUT2D eigenvalue weighted by molar-refractivity contribution is 5.97. The maximum atomic E-state index is 12.4. The fraction of sp³-hybridized carbons (Fsp3) is 0.462. The van der Waals surface area contributed by atoms with Crippen molar-refractivity contribution in [2.24, 2.45) is 0 Å². The molecule has 20 heavy (non-hydrogen) atoms. The quantitative estimate of drug-likeness (QED) is 0.903. The number of fused-ring (bicyclic) bond motifs is 1. The van der Waals surface area contributed by atoms with Crippen molar-refractivity contribution in [2.45, 2.75) is 13.3 Å². The van der Waals surface area contributed by atoms with Gasteiger partial charge in [0.05, 0.1) is 16.6 Å². The standard InChI is InChI=1S/C13H16N4O2.ClH/c1-2-11-10-7-9(8-15-12(10)19-16-11)13(18)17-5-3-14-4-6-17;/h7-8,14H,2-6H2,1H3;1H. The lowest BCUT2D eigenvalue weighted by molar-refractivity contribution is 0.0735. The molecule has 0 aromatic carbocycles. The summed E-state index contributed by atoms with van der Waals surface area (Å²) in [6.07, 6.45) is 2.33. The second kappa shape index (κ2) is 6.19. The minimum absolute atomic E-state index is 0.